The third-order valence-electron chi connectivity index (χ3n) is 0.715. The van der Waals surface area contributed by atoms with Gasteiger partial charge in [0, 0.05) is 0 Å². The van der Waals surface area contributed by atoms with Crippen LogP contribution >= 0.6 is 0 Å². The van der Waals surface area contributed by atoms with Gasteiger partial charge in [0.1, 0.15) is 12.2 Å². The van der Waals surface area contributed by atoms with E-state index in [1.165, 1.54) is 13.8 Å². The molecule has 0 saturated carbocycles. The molecular formula is C6H13NO7. The van der Waals surface area contributed by atoms with Crippen LogP contribution in [0, 0.1) is 10.5 Å². The van der Waals surface area contributed by atoms with E-state index in [-0.39, 0.29) is 0 Å². The van der Waals surface area contributed by atoms with Gasteiger partial charge in [0.2, 0.25) is 0 Å². The van der Waals surface area contributed by atoms with Gasteiger partial charge in [-0.2, -0.15) is 4.91 Å². The fourth-order valence-corrected chi connectivity index (χ4v) is 0. The number of aliphatic carboxylic acids is 2. The molecule has 0 radical (unpaired) electrons. The number of nitroso groups, excluding NO2 is 1. The minimum Gasteiger partial charge on any atom is -0.479 e. The molecule has 8 heteroatoms. The summed E-state index contributed by atoms with van der Waals surface area (Å²) in [6, 6.07) is 0. The third-order valence-corrected chi connectivity index (χ3v) is 0.715. The van der Waals surface area contributed by atoms with E-state index in [1.807, 2.05) is 0 Å². The van der Waals surface area contributed by atoms with Crippen molar-refractivity contribution in [3.05, 3.63) is 4.91 Å². The Morgan fingerprint density at radius 3 is 1.00 bits per heavy atom. The van der Waals surface area contributed by atoms with Crippen LogP contribution in [0.15, 0.2) is 0 Å². The number of carboxylic acid groups (broad SMARTS) is 2. The van der Waals surface area contributed by atoms with Crippen molar-refractivity contribution < 1.29 is 30.0 Å². The lowest BCUT2D eigenvalue weighted by molar-refractivity contribution is -0.146. The largest absolute Gasteiger partial charge is 0.479 e. The number of carbonyl (C=O) groups is 2. The molecule has 2 atom stereocenters. The number of aliphatic hydroxyl groups excluding tert-OH is 2. The molecule has 0 aromatic heterocycles. The van der Waals surface area contributed by atoms with Gasteiger partial charge in [0.05, 0.1) is 0 Å². The Morgan fingerprint density at radius 2 is 1.00 bits per heavy atom. The molecule has 0 aliphatic heterocycles. The summed E-state index contributed by atoms with van der Waals surface area (Å²) in [6.45, 7) is 2.39. The fraction of sp³-hybridized carbons (Fsp3) is 0.667. The summed E-state index contributed by atoms with van der Waals surface area (Å²) in [7, 11) is 0. The maximum Gasteiger partial charge on any atom is 0.332 e. The molecule has 0 bridgehead atoms. The zero-order valence-corrected chi connectivity index (χ0v) is 7.67. The van der Waals surface area contributed by atoms with E-state index in [1.54, 1.807) is 0 Å². The molecule has 0 rings (SSSR count). The predicted octanol–water partition coefficient (Wildman–Crippen LogP) is -0.765. The van der Waals surface area contributed by atoms with E-state index in [9.17, 15) is 9.59 Å². The first-order valence-corrected chi connectivity index (χ1v) is 3.31. The molecule has 84 valence electrons. The molecule has 0 aromatic carbocycles. The Hall–Kier alpha value is -1.54. The number of aliphatic hydroxyl groups is 2. The van der Waals surface area contributed by atoms with Gasteiger partial charge in [-0.25, -0.2) is 9.59 Å². The van der Waals surface area contributed by atoms with Gasteiger partial charge in [-0.3, -0.25) is 0 Å². The first-order valence-electron chi connectivity index (χ1n) is 3.31. The summed E-state index contributed by atoms with van der Waals surface area (Å²) >= 11 is 0. The first kappa shape index (κ1) is 18.3. The molecule has 0 aliphatic carbocycles. The summed E-state index contributed by atoms with van der Waals surface area (Å²) in [5.74, 6) is -2.37. The van der Waals surface area contributed by atoms with Gasteiger partial charge in [0.25, 0.3) is 0 Å². The van der Waals surface area contributed by atoms with Crippen molar-refractivity contribution in [1.82, 2.24) is 0 Å². The third kappa shape index (κ3) is 22.4. The second-order valence-electron chi connectivity index (χ2n) is 2.03. The van der Waals surface area contributed by atoms with Crippen molar-refractivity contribution >= 4 is 11.9 Å². The topological polar surface area (TPSA) is 156 Å². The molecule has 0 saturated heterocycles. The summed E-state index contributed by atoms with van der Waals surface area (Å²) in [5, 5.41) is 31.5. The highest BCUT2D eigenvalue weighted by molar-refractivity contribution is 5.71. The van der Waals surface area contributed by atoms with Crippen LogP contribution in [0.5, 0.6) is 0 Å². The van der Waals surface area contributed by atoms with E-state index in [4.69, 9.17) is 25.3 Å². The van der Waals surface area contributed by atoms with Crippen LogP contribution in [-0.4, -0.2) is 44.6 Å². The highest BCUT2D eigenvalue weighted by Gasteiger charge is 2.01. The molecule has 14 heavy (non-hydrogen) atoms. The molecule has 0 aliphatic rings. The zero-order chi connectivity index (χ0) is 12.3. The normalized spacial score (nSPS) is 12.0. The highest BCUT2D eigenvalue weighted by Crippen LogP contribution is 1.73. The summed E-state index contributed by atoms with van der Waals surface area (Å²) in [5.41, 5.74) is 4.50. The molecular weight excluding hydrogens is 198 g/mol. The quantitative estimate of drug-likeness (QED) is 0.375. The Balaban J connectivity index is -0.000000147. The molecule has 0 aromatic rings. The molecule has 5 N–H and O–H groups in total. The Morgan fingerprint density at radius 1 is 0.929 bits per heavy atom. The molecule has 0 fully saturated rings. The van der Waals surface area contributed by atoms with E-state index in [2.05, 4.69) is 5.59 Å². The second kappa shape index (κ2) is 11.5. The van der Waals surface area contributed by atoms with Crippen molar-refractivity contribution in [3.8, 4) is 0 Å². The van der Waals surface area contributed by atoms with E-state index >= 15 is 0 Å². The number of carboxylic acids is 2. The van der Waals surface area contributed by atoms with Crippen LogP contribution in [0.25, 0.3) is 0 Å². The standard InChI is InChI=1S/2C3H6O3.HNO/c2*1-2(4)3(5)6;1-2/h2*2,4H,1H3,(H,5,6);1H. The summed E-state index contributed by atoms with van der Waals surface area (Å²) in [4.78, 5) is 26.4. The van der Waals surface area contributed by atoms with E-state index < -0.39 is 24.1 Å². The number of nitrogens with one attached hydrogen (secondary N) is 1. The highest BCUT2D eigenvalue weighted by atomic mass is 16.4. The van der Waals surface area contributed by atoms with E-state index in [0.29, 0.717) is 0 Å². The van der Waals surface area contributed by atoms with Gasteiger partial charge in [-0.15, -0.1) is 0 Å². The Labute approximate surface area is 79.6 Å². The van der Waals surface area contributed by atoms with Crippen LogP contribution in [0.1, 0.15) is 13.8 Å². The summed E-state index contributed by atoms with van der Waals surface area (Å²) < 4.78 is 0. The van der Waals surface area contributed by atoms with Gasteiger partial charge in [-0.1, -0.05) is 5.59 Å². The van der Waals surface area contributed by atoms with Crippen LogP contribution in [0.2, 0.25) is 0 Å². The van der Waals surface area contributed by atoms with Crippen molar-refractivity contribution in [2.24, 2.45) is 0 Å². The average molecular weight is 211 g/mol. The van der Waals surface area contributed by atoms with Crippen LogP contribution in [0.3, 0.4) is 0 Å². The SMILES string of the molecule is CC(O)C(=O)O.CC(O)C(=O)O.N=O. The van der Waals surface area contributed by atoms with Crippen LogP contribution < -0.4 is 0 Å². The van der Waals surface area contributed by atoms with Crippen LogP contribution in [0.4, 0.5) is 0 Å². The molecule has 0 heterocycles. The molecule has 0 amide bonds. The monoisotopic (exact) mass is 211 g/mol. The molecule has 0 spiro atoms. The van der Waals surface area contributed by atoms with Gasteiger partial charge < -0.3 is 20.4 Å². The lowest BCUT2D eigenvalue weighted by atomic mass is 10.4. The number of hydrogen-bond acceptors (Lipinski definition) is 6. The summed E-state index contributed by atoms with van der Waals surface area (Å²) in [6.07, 6.45) is -2.46. The lowest BCUT2D eigenvalue weighted by Crippen LogP contribution is -2.13. The molecule has 8 nitrogen and oxygen atoms in total. The molecule has 2 unspecified atom stereocenters. The lowest BCUT2D eigenvalue weighted by Gasteiger charge is -1.89. The second-order valence-corrected chi connectivity index (χ2v) is 2.03. The Kier molecular flexibility index (Phi) is 15.0. The maximum atomic E-state index is 9.45. The first-order chi connectivity index (χ1) is 6.29. The fourth-order valence-electron chi connectivity index (χ4n) is 0. The number of hydrogen-bond donors (Lipinski definition) is 5. The Bertz CT molecular complexity index is 150. The van der Waals surface area contributed by atoms with E-state index in [0.717, 1.165) is 0 Å². The number of rotatable bonds is 2. The van der Waals surface area contributed by atoms with Gasteiger partial charge in [-0.05, 0) is 13.8 Å². The van der Waals surface area contributed by atoms with Crippen molar-refractivity contribution in [3.63, 3.8) is 0 Å². The van der Waals surface area contributed by atoms with Crippen LogP contribution in [-0.2, 0) is 9.59 Å². The smallest absolute Gasteiger partial charge is 0.332 e. The maximum absolute atomic E-state index is 9.45. The zero-order valence-electron chi connectivity index (χ0n) is 7.67. The minimum absolute atomic E-state index is 1.19. The average Bonchev–Trinajstić information content (AvgIpc) is 2.08. The van der Waals surface area contributed by atoms with Gasteiger partial charge in [0.15, 0.2) is 0 Å². The van der Waals surface area contributed by atoms with Crippen molar-refractivity contribution in [2.45, 2.75) is 26.1 Å². The van der Waals surface area contributed by atoms with Crippen molar-refractivity contribution in [2.75, 3.05) is 0 Å². The minimum atomic E-state index is -1.23. The van der Waals surface area contributed by atoms with Crippen molar-refractivity contribution in [1.29, 1.82) is 5.59 Å². The predicted molar refractivity (Wildman–Crippen MR) is 44.7 cm³/mol. The van der Waals surface area contributed by atoms with Gasteiger partial charge >= 0.3 is 11.9 Å².